The smallest absolute Gasteiger partial charge is 0.183 e. The van der Waals surface area contributed by atoms with E-state index >= 15 is 0 Å². The molecule has 0 amide bonds. The lowest BCUT2D eigenvalue weighted by molar-refractivity contribution is 0.604. The van der Waals surface area contributed by atoms with Crippen LogP contribution in [0.2, 0.25) is 0 Å². The van der Waals surface area contributed by atoms with E-state index in [0.29, 0.717) is 0 Å². The molecule has 54 valence electrons. The van der Waals surface area contributed by atoms with E-state index in [4.69, 9.17) is 4.80 Å². The second kappa shape index (κ2) is 6.04. The van der Waals surface area contributed by atoms with Gasteiger partial charge in [-0.2, -0.15) is 0 Å². The highest BCUT2D eigenvalue weighted by molar-refractivity contribution is 6.35. The summed E-state index contributed by atoms with van der Waals surface area (Å²) >= 11 is 0. The van der Waals surface area contributed by atoms with E-state index in [1.165, 1.54) is 19.3 Å². The maximum Gasteiger partial charge on any atom is 0.183 e. The number of unbranched alkanes of at least 4 members (excludes halogenated alkanes) is 2. The van der Waals surface area contributed by atoms with Crippen LogP contribution in [0.1, 0.15) is 32.6 Å². The fraction of sp³-hybridized carbons (Fsp3) is 0.714. The first-order chi connectivity index (χ1) is 4.31. The summed E-state index contributed by atoms with van der Waals surface area (Å²) in [5.41, 5.74) is 0. The monoisotopic (exact) mass is 144 g/mol. The van der Waals surface area contributed by atoms with Gasteiger partial charge in [0.15, 0.2) is 9.76 Å². The third-order valence-corrected chi connectivity index (χ3v) is 2.16. The lowest BCUT2D eigenvalue weighted by Crippen LogP contribution is -1.92. The third kappa shape index (κ3) is 5.79. The van der Waals surface area contributed by atoms with Gasteiger partial charge in [0.1, 0.15) is 0 Å². The van der Waals surface area contributed by atoms with Crippen LogP contribution in [0.4, 0.5) is 0 Å². The van der Waals surface area contributed by atoms with Crippen molar-refractivity contribution >= 4 is 9.76 Å². The van der Waals surface area contributed by atoms with Gasteiger partial charge in [0.25, 0.3) is 0 Å². The van der Waals surface area contributed by atoms with Gasteiger partial charge < -0.3 is 4.80 Å². The normalized spacial score (nSPS) is 10.9. The SMILES string of the molecule is C=C(CCCCC)[SiH2]O. The van der Waals surface area contributed by atoms with Crippen molar-refractivity contribution in [1.29, 1.82) is 0 Å². The zero-order valence-electron chi connectivity index (χ0n) is 6.19. The molecule has 0 heterocycles. The molecule has 0 rings (SSSR count). The lowest BCUT2D eigenvalue weighted by atomic mass is 10.2. The topological polar surface area (TPSA) is 20.2 Å². The molecule has 2 heteroatoms. The van der Waals surface area contributed by atoms with E-state index in [1.54, 1.807) is 0 Å². The third-order valence-electron chi connectivity index (χ3n) is 1.36. The Kier molecular flexibility index (Phi) is 5.99. The summed E-state index contributed by atoms with van der Waals surface area (Å²) in [4.78, 5) is 8.67. The molecule has 0 aromatic rings. The molecule has 1 N–H and O–H groups in total. The van der Waals surface area contributed by atoms with E-state index in [1.807, 2.05) is 0 Å². The summed E-state index contributed by atoms with van der Waals surface area (Å²) in [7, 11) is -0.884. The summed E-state index contributed by atoms with van der Waals surface area (Å²) in [5.74, 6) is 0. The minimum absolute atomic E-state index is 0.884. The summed E-state index contributed by atoms with van der Waals surface area (Å²) in [6, 6.07) is 0. The number of hydrogen-bond acceptors (Lipinski definition) is 1. The van der Waals surface area contributed by atoms with Crippen LogP contribution in [0.15, 0.2) is 11.8 Å². The molecule has 0 aliphatic carbocycles. The molecule has 0 aromatic heterocycles. The molecular weight excluding hydrogens is 128 g/mol. The molecule has 0 saturated carbocycles. The Morgan fingerprint density at radius 1 is 1.56 bits per heavy atom. The maximum atomic E-state index is 8.67. The van der Waals surface area contributed by atoms with Crippen LogP contribution in [0.3, 0.4) is 0 Å². The van der Waals surface area contributed by atoms with Crippen molar-refractivity contribution in [3.05, 3.63) is 11.8 Å². The Bertz CT molecular complexity index is 81.0. The predicted octanol–water partition coefficient (Wildman–Crippen LogP) is 1.16. The average molecular weight is 144 g/mol. The van der Waals surface area contributed by atoms with Gasteiger partial charge in [-0.25, -0.2) is 0 Å². The Balaban J connectivity index is 2.97. The molecular formula is C7H16OSi. The van der Waals surface area contributed by atoms with Crippen LogP contribution >= 0.6 is 0 Å². The van der Waals surface area contributed by atoms with Gasteiger partial charge in [-0.15, -0.1) is 6.58 Å². The molecule has 1 nitrogen and oxygen atoms in total. The highest BCUT2D eigenvalue weighted by Crippen LogP contribution is 2.04. The zero-order chi connectivity index (χ0) is 7.11. The molecule has 0 saturated heterocycles. The Morgan fingerprint density at radius 2 is 2.22 bits per heavy atom. The quantitative estimate of drug-likeness (QED) is 0.453. The fourth-order valence-corrected chi connectivity index (χ4v) is 1.11. The van der Waals surface area contributed by atoms with E-state index in [9.17, 15) is 0 Å². The molecule has 0 bridgehead atoms. The Morgan fingerprint density at radius 3 is 2.67 bits per heavy atom. The molecule has 0 aromatic carbocycles. The van der Waals surface area contributed by atoms with Crippen molar-refractivity contribution in [2.45, 2.75) is 32.6 Å². The lowest BCUT2D eigenvalue weighted by Gasteiger charge is -1.97. The van der Waals surface area contributed by atoms with Gasteiger partial charge >= 0.3 is 0 Å². The minimum atomic E-state index is -0.884. The van der Waals surface area contributed by atoms with Gasteiger partial charge in [0.2, 0.25) is 0 Å². The van der Waals surface area contributed by atoms with Gasteiger partial charge in [0, 0.05) is 0 Å². The first-order valence-corrected chi connectivity index (χ1v) is 4.92. The molecule has 0 aliphatic rings. The second-order valence-corrected chi connectivity index (χ2v) is 3.68. The first kappa shape index (κ1) is 8.92. The van der Waals surface area contributed by atoms with Crippen LogP contribution in [0.5, 0.6) is 0 Å². The second-order valence-electron chi connectivity index (χ2n) is 2.37. The highest BCUT2D eigenvalue weighted by Gasteiger charge is 1.90. The molecule has 0 aliphatic heterocycles. The van der Waals surface area contributed by atoms with E-state index < -0.39 is 9.76 Å². The first-order valence-electron chi connectivity index (χ1n) is 3.58. The maximum absolute atomic E-state index is 8.67. The molecule has 9 heavy (non-hydrogen) atoms. The number of hydrogen-bond donors (Lipinski definition) is 1. The standard InChI is InChI=1S/C7H16OSi/c1-3-4-5-6-7(2)9-8/h8H,2-6,9H2,1H3. The van der Waals surface area contributed by atoms with Crippen LogP contribution in [0.25, 0.3) is 0 Å². The van der Waals surface area contributed by atoms with Crippen LogP contribution in [-0.2, 0) is 0 Å². The van der Waals surface area contributed by atoms with Gasteiger partial charge in [-0.05, 0) is 12.8 Å². The van der Waals surface area contributed by atoms with Crippen molar-refractivity contribution in [3.8, 4) is 0 Å². The summed E-state index contributed by atoms with van der Waals surface area (Å²) in [6.45, 7) is 5.94. The van der Waals surface area contributed by atoms with Crippen molar-refractivity contribution in [2.75, 3.05) is 0 Å². The van der Waals surface area contributed by atoms with Crippen molar-refractivity contribution < 1.29 is 4.80 Å². The van der Waals surface area contributed by atoms with Gasteiger partial charge in [0.05, 0.1) is 0 Å². The molecule has 0 unspecified atom stereocenters. The minimum Gasteiger partial charge on any atom is -0.434 e. The van der Waals surface area contributed by atoms with E-state index in [2.05, 4.69) is 13.5 Å². The van der Waals surface area contributed by atoms with Gasteiger partial charge in [-0.3, -0.25) is 0 Å². The fourth-order valence-electron chi connectivity index (χ4n) is 0.704. The van der Waals surface area contributed by atoms with Crippen molar-refractivity contribution in [3.63, 3.8) is 0 Å². The predicted molar refractivity (Wildman–Crippen MR) is 44.0 cm³/mol. The number of allylic oxidation sites excluding steroid dienone is 1. The van der Waals surface area contributed by atoms with Crippen molar-refractivity contribution in [2.24, 2.45) is 0 Å². The number of rotatable bonds is 5. The van der Waals surface area contributed by atoms with Crippen molar-refractivity contribution in [1.82, 2.24) is 0 Å². The average Bonchev–Trinajstić information content (AvgIpc) is 1.89. The van der Waals surface area contributed by atoms with E-state index in [0.717, 1.165) is 11.6 Å². The molecule has 0 fully saturated rings. The Labute approximate surface area is 59.7 Å². The summed E-state index contributed by atoms with van der Waals surface area (Å²) in [5, 5.41) is 1.10. The van der Waals surface area contributed by atoms with Gasteiger partial charge in [-0.1, -0.05) is 25.0 Å². The van der Waals surface area contributed by atoms with E-state index in [-0.39, 0.29) is 0 Å². The zero-order valence-corrected chi connectivity index (χ0v) is 7.60. The molecule has 0 atom stereocenters. The molecule has 0 spiro atoms. The van der Waals surface area contributed by atoms with Crippen LogP contribution in [-0.4, -0.2) is 14.6 Å². The van der Waals surface area contributed by atoms with Crippen LogP contribution < -0.4 is 0 Å². The summed E-state index contributed by atoms with van der Waals surface area (Å²) < 4.78 is 0. The van der Waals surface area contributed by atoms with Crippen LogP contribution in [0, 0.1) is 0 Å². The highest BCUT2D eigenvalue weighted by atomic mass is 28.2. The molecule has 0 radical (unpaired) electrons. The Hall–Kier alpha value is -0.0831. The summed E-state index contributed by atoms with van der Waals surface area (Å²) in [6.07, 6.45) is 4.78. The largest absolute Gasteiger partial charge is 0.434 e.